The van der Waals surface area contributed by atoms with E-state index in [-0.39, 0.29) is 0 Å². The van der Waals surface area contributed by atoms with Crippen molar-refractivity contribution in [3.8, 4) is 0 Å². The van der Waals surface area contributed by atoms with Gasteiger partial charge in [0.25, 0.3) is 0 Å². The van der Waals surface area contributed by atoms with Gasteiger partial charge < -0.3 is 0 Å². The summed E-state index contributed by atoms with van der Waals surface area (Å²) >= 11 is 0. The third kappa shape index (κ3) is 1.81. The molecule has 1 saturated carbocycles. The van der Waals surface area contributed by atoms with Gasteiger partial charge in [0.2, 0.25) is 0 Å². The molecule has 0 aromatic rings. The summed E-state index contributed by atoms with van der Waals surface area (Å²) in [5.74, 6) is 0.782. The van der Waals surface area contributed by atoms with Crippen LogP contribution in [0.4, 0.5) is 0 Å². The van der Waals surface area contributed by atoms with Gasteiger partial charge in [-0.3, -0.25) is 10.5 Å². The molecule has 0 atom stereocenters. The van der Waals surface area contributed by atoms with Gasteiger partial charge in [-0.25, -0.2) is 0 Å². The maximum atomic E-state index is 11.1. The number of hydrogen-bond donors (Lipinski definition) is 0. The van der Waals surface area contributed by atoms with Crippen molar-refractivity contribution in [1.29, 1.82) is 0 Å². The molecule has 1 fully saturated rings. The summed E-state index contributed by atoms with van der Waals surface area (Å²) in [4.78, 5) is 11.1. The van der Waals surface area contributed by atoms with E-state index in [0.717, 1.165) is 19.3 Å². The van der Waals surface area contributed by atoms with Gasteiger partial charge in [0.05, 0.1) is 0 Å². The molecule has 0 unspecified atom stereocenters. The Hall–Kier alpha value is -0.370. The fraction of sp³-hybridized carbons (Fsp3) is 0.875. The molecule has 10 heavy (non-hydrogen) atoms. The van der Waals surface area contributed by atoms with Crippen LogP contribution in [0.3, 0.4) is 0 Å². The molecule has 0 amide bonds. The van der Waals surface area contributed by atoms with Crippen molar-refractivity contribution in [2.24, 2.45) is 5.92 Å². The predicted molar refractivity (Wildman–Crippen MR) is 39.5 cm³/mol. The highest BCUT2D eigenvalue weighted by atomic mass is 16.1. The van der Waals surface area contributed by atoms with E-state index in [4.69, 9.17) is 5.73 Å². The number of Topliss-reactive ketones (excluding diaryl/α,β-unsaturated/α-hetero) is 1. The van der Waals surface area contributed by atoms with E-state index < -0.39 is 0 Å². The molecule has 1 rings (SSSR count). The normalized spacial score (nSPS) is 18.5. The maximum Gasteiger partial charge on any atom is 0.136 e. The molecule has 2 heteroatoms. The van der Waals surface area contributed by atoms with Crippen molar-refractivity contribution in [3.05, 3.63) is 0 Å². The predicted octanol–water partition coefficient (Wildman–Crippen LogP) is 1.42. The average molecular weight is 140 g/mol. The van der Waals surface area contributed by atoms with Gasteiger partial charge in [-0.2, -0.15) is 0 Å². The van der Waals surface area contributed by atoms with Crippen LogP contribution in [0, 0.1) is 5.92 Å². The van der Waals surface area contributed by atoms with Gasteiger partial charge in [-0.1, -0.05) is 6.42 Å². The quantitative estimate of drug-likeness (QED) is 0.582. The Morgan fingerprint density at radius 3 is 2.60 bits per heavy atom. The van der Waals surface area contributed by atoms with E-state index in [9.17, 15) is 4.79 Å². The molecule has 1 radical (unpaired) electrons. The van der Waals surface area contributed by atoms with Crippen LogP contribution >= 0.6 is 0 Å². The lowest BCUT2D eigenvalue weighted by Crippen LogP contribution is -2.21. The molecule has 57 valence electrons. The average Bonchev–Trinajstić information content (AvgIpc) is 1.79. The summed E-state index contributed by atoms with van der Waals surface area (Å²) in [6, 6.07) is 0. The Labute approximate surface area is 61.8 Å². The Balaban J connectivity index is 2.08. The number of carbonyl (C=O) groups excluding carboxylic acids is 1. The molecule has 0 bridgehead atoms. The van der Waals surface area contributed by atoms with Gasteiger partial charge in [0.1, 0.15) is 5.78 Å². The molecule has 0 heterocycles. The second-order valence-corrected chi connectivity index (χ2v) is 2.95. The smallest absolute Gasteiger partial charge is 0.136 e. The molecule has 0 aromatic carbocycles. The fourth-order valence-electron chi connectivity index (χ4n) is 1.20. The van der Waals surface area contributed by atoms with E-state index in [1.54, 1.807) is 0 Å². The zero-order chi connectivity index (χ0) is 7.40. The minimum atomic E-state index is 0.381. The SMILES string of the molecule is [NH]CCCC(=O)C1CCC1. The number of rotatable bonds is 4. The first kappa shape index (κ1) is 7.73. The Morgan fingerprint density at radius 1 is 1.50 bits per heavy atom. The van der Waals surface area contributed by atoms with Gasteiger partial charge >= 0.3 is 0 Å². The summed E-state index contributed by atoms with van der Waals surface area (Å²) in [6.07, 6.45) is 4.86. The molecule has 0 aliphatic heterocycles. The van der Waals surface area contributed by atoms with Crippen molar-refractivity contribution in [2.45, 2.75) is 32.1 Å². The molecule has 1 N–H and O–H groups in total. The van der Waals surface area contributed by atoms with E-state index in [1.807, 2.05) is 0 Å². The summed E-state index contributed by atoms with van der Waals surface area (Å²) in [7, 11) is 0. The zero-order valence-corrected chi connectivity index (χ0v) is 6.23. The highest BCUT2D eigenvalue weighted by molar-refractivity contribution is 5.81. The molecule has 2 nitrogen and oxygen atoms in total. The standard InChI is InChI=1S/C8H14NO/c9-6-2-5-8(10)7-3-1-4-7/h7,9H,1-6H2. The van der Waals surface area contributed by atoms with Crippen LogP contribution in [-0.4, -0.2) is 12.3 Å². The molecule has 1 aliphatic rings. The molecular formula is C8H14NO. The van der Waals surface area contributed by atoms with Crippen molar-refractivity contribution in [2.75, 3.05) is 6.54 Å². The molecule has 0 aromatic heterocycles. The minimum Gasteiger partial charge on any atom is -0.299 e. The summed E-state index contributed by atoms with van der Waals surface area (Å²) in [5, 5.41) is 0. The Bertz CT molecular complexity index is 118. The number of carbonyl (C=O) groups is 1. The number of ketones is 1. The largest absolute Gasteiger partial charge is 0.299 e. The van der Waals surface area contributed by atoms with Crippen LogP contribution < -0.4 is 5.73 Å². The topological polar surface area (TPSA) is 40.9 Å². The van der Waals surface area contributed by atoms with Gasteiger partial charge in [0, 0.05) is 18.9 Å². The lowest BCUT2D eigenvalue weighted by atomic mass is 9.81. The van der Waals surface area contributed by atoms with Crippen molar-refractivity contribution >= 4 is 5.78 Å². The highest BCUT2D eigenvalue weighted by Crippen LogP contribution is 2.28. The Kier molecular flexibility index (Phi) is 2.87. The Morgan fingerprint density at radius 2 is 2.20 bits per heavy atom. The van der Waals surface area contributed by atoms with Crippen molar-refractivity contribution in [3.63, 3.8) is 0 Å². The second-order valence-electron chi connectivity index (χ2n) is 2.95. The molecular weight excluding hydrogens is 126 g/mol. The van der Waals surface area contributed by atoms with Crippen LogP contribution in [0.25, 0.3) is 0 Å². The molecule has 1 aliphatic carbocycles. The van der Waals surface area contributed by atoms with E-state index >= 15 is 0 Å². The van der Waals surface area contributed by atoms with E-state index in [1.165, 1.54) is 6.42 Å². The van der Waals surface area contributed by atoms with Crippen LogP contribution in [0.5, 0.6) is 0 Å². The van der Waals surface area contributed by atoms with Crippen molar-refractivity contribution < 1.29 is 4.79 Å². The summed E-state index contributed by atoms with van der Waals surface area (Å²) in [6.45, 7) is 0.401. The fourth-order valence-corrected chi connectivity index (χ4v) is 1.20. The van der Waals surface area contributed by atoms with Gasteiger partial charge in [0.15, 0.2) is 0 Å². The molecule has 0 spiro atoms. The summed E-state index contributed by atoms with van der Waals surface area (Å²) in [5.41, 5.74) is 6.86. The highest BCUT2D eigenvalue weighted by Gasteiger charge is 2.23. The maximum absolute atomic E-state index is 11.1. The molecule has 0 saturated heterocycles. The second kappa shape index (κ2) is 3.71. The third-order valence-electron chi connectivity index (χ3n) is 2.16. The van der Waals surface area contributed by atoms with Crippen LogP contribution in [-0.2, 0) is 4.79 Å². The van der Waals surface area contributed by atoms with Gasteiger partial charge in [-0.15, -0.1) is 0 Å². The first-order valence-electron chi connectivity index (χ1n) is 4.02. The first-order valence-corrected chi connectivity index (χ1v) is 4.02. The summed E-state index contributed by atoms with van der Waals surface area (Å²) < 4.78 is 0. The zero-order valence-electron chi connectivity index (χ0n) is 6.23. The minimum absolute atomic E-state index is 0.381. The van der Waals surface area contributed by atoms with Crippen molar-refractivity contribution in [1.82, 2.24) is 5.73 Å². The third-order valence-corrected chi connectivity index (χ3v) is 2.16. The monoisotopic (exact) mass is 140 g/mol. The first-order chi connectivity index (χ1) is 4.84. The van der Waals surface area contributed by atoms with E-state index in [2.05, 4.69) is 0 Å². The van der Waals surface area contributed by atoms with Gasteiger partial charge in [-0.05, 0) is 19.3 Å². The lowest BCUT2D eigenvalue weighted by Gasteiger charge is -2.23. The van der Waals surface area contributed by atoms with Crippen LogP contribution in [0.2, 0.25) is 0 Å². The van der Waals surface area contributed by atoms with Crippen LogP contribution in [0.1, 0.15) is 32.1 Å². The number of nitrogens with one attached hydrogen (secondary N) is 1. The van der Waals surface area contributed by atoms with E-state index in [0.29, 0.717) is 24.7 Å². The lowest BCUT2D eigenvalue weighted by molar-refractivity contribution is -0.125. The van der Waals surface area contributed by atoms with Crippen LogP contribution in [0.15, 0.2) is 0 Å². The number of hydrogen-bond acceptors (Lipinski definition) is 1.